The summed E-state index contributed by atoms with van der Waals surface area (Å²) < 4.78 is 14.0. The molecule has 1 aliphatic heterocycles. The van der Waals surface area contributed by atoms with Crippen LogP contribution in [0, 0.1) is 6.57 Å². The van der Waals surface area contributed by atoms with Crippen molar-refractivity contribution >= 4 is 29.2 Å². The van der Waals surface area contributed by atoms with Crippen LogP contribution >= 0.6 is 0 Å². The highest BCUT2D eigenvalue weighted by Gasteiger charge is 2.51. The van der Waals surface area contributed by atoms with Gasteiger partial charge in [0.05, 0.1) is 29.5 Å². The lowest BCUT2D eigenvalue weighted by Gasteiger charge is -2.32. The molecule has 3 aromatic rings. The monoisotopic (exact) mass is 346 g/mol. The molecule has 0 amide bonds. The first-order valence-electron chi connectivity index (χ1n) is 8.48. The minimum absolute atomic E-state index is 0.390. The third kappa shape index (κ3) is 2.59. The molecule has 0 unspecified atom stereocenters. The van der Waals surface area contributed by atoms with Crippen molar-refractivity contribution in [2.24, 2.45) is 0 Å². The highest BCUT2D eigenvalue weighted by atomic mass is 16.7. The first-order valence-corrected chi connectivity index (χ1v) is 8.48. The summed E-state index contributed by atoms with van der Waals surface area (Å²) in [7, 11) is -0.435. The summed E-state index contributed by atoms with van der Waals surface area (Å²) in [5, 5.41) is 5.42. The van der Waals surface area contributed by atoms with Crippen LogP contribution in [0.1, 0.15) is 27.7 Å². The van der Waals surface area contributed by atoms with Crippen molar-refractivity contribution in [3.8, 4) is 5.82 Å². The van der Waals surface area contributed by atoms with Crippen molar-refractivity contribution in [1.82, 2.24) is 14.8 Å². The van der Waals surface area contributed by atoms with E-state index < -0.39 is 18.3 Å². The lowest BCUT2D eigenvalue weighted by Crippen LogP contribution is -2.41. The second kappa shape index (κ2) is 5.66. The Labute approximate surface area is 152 Å². The maximum atomic E-state index is 7.19. The van der Waals surface area contributed by atoms with Gasteiger partial charge in [-0.3, -0.25) is 0 Å². The van der Waals surface area contributed by atoms with E-state index in [0.29, 0.717) is 11.5 Å². The molecule has 6 nitrogen and oxygen atoms in total. The summed E-state index contributed by atoms with van der Waals surface area (Å²) in [6, 6.07) is 9.41. The normalized spacial score (nSPS) is 18.2. The molecule has 0 spiro atoms. The largest absolute Gasteiger partial charge is 0.494 e. The van der Waals surface area contributed by atoms with Crippen LogP contribution in [0.25, 0.3) is 21.6 Å². The van der Waals surface area contributed by atoms with Gasteiger partial charge in [-0.15, -0.1) is 0 Å². The summed E-state index contributed by atoms with van der Waals surface area (Å²) in [5.41, 5.74) is 1.57. The number of hydrogen-bond donors (Lipinski definition) is 0. The fourth-order valence-corrected chi connectivity index (χ4v) is 2.94. The zero-order chi connectivity index (χ0) is 18.5. The fraction of sp³-hybridized carbons (Fsp3) is 0.316. The molecule has 1 aliphatic rings. The van der Waals surface area contributed by atoms with Crippen LogP contribution in [0.4, 0.5) is 5.69 Å². The van der Waals surface area contributed by atoms with Gasteiger partial charge in [0.15, 0.2) is 5.69 Å². The standard InChI is InChI=1S/C19H19BN4O2/c1-18(2)19(3,4)26-20(25-18)14-7-6-13-12-23-24(16(13)10-14)17-11-15(21-5)8-9-22-17/h6-12H,1-4H3. The van der Waals surface area contributed by atoms with Gasteiger partial charge in [-0.1, -0.05) is 12.1 Å². The summed E-state index contributed by atoms with van der Waals surface area (Å²) in [5.74, 6) is 0.611. The topological polar surface area (TPSA) is 53.5 Å². The SMILES string of the molecule is [C-]#[N+]c1ccnc(-n2ncc3ccc(B4OC(C)(C)C(C)(C)O4)cc32)c1. The lowest BCUT2D eigenvalue weighted by atomic mass is 9.79. The Kier molecular flexibility index (Phi) is 3.65. The highest BCUT2D eigenvalue weighted by molar-refractivity contribution is 6.62. The van der Waals surface area contributed by atoms with E-state index in [-0.39, 0.29) is 0 Å². The first-order chi connectivity index (χ1) is 12.3. The van der Waals surface area contributed by atoms with E-state index in [1.807, 2.05) is 45.9 Å². The smallest absolute Gasteiger partial charge is 0.399 e. The van der Waals surface area contributed by atoms with E-state index in [1.54, 1.807) is 29.2 Å². The number of rotatable bonds is 2. The van der Waals surface area contributed by atoms with Crippen LogP contribution in [0.2, 0.25) is 0 Å². The Morgan fingerprint density at radius 1 is 1.08 bits per heavy atom. The Balaban J connectivity index is 1.78. The molecule has 0 atom stereocenters. The molecule has 1 saturated heterocycles. The molecule has 0 N–H and O–H groups in total. The van der Waals surface area contributed by atoms with Crippen LogP contribution in [-0.4, -0.2) is 33.1 Å². The molecule has 2 aromatic heterocycles. The molecular weight excluding hydrogens is 327 g/mol. The Morgan fingerprint density at radius 3 is 2.50 bits per heavy atom. The van der Waals surface area contributed by atoms with Gasteiger partial charge >= 0.3 is 7.12 Å². The van der Waals surface area contributed by atoms with Gasteiger partial charge in [0.1, 0.15) is 5.82 Å². The molecule has 26 heavy (non-hydrogen) atoms. The molecule has 1 aromatic carbocycles. The zero-order valence-electron chi connectivity index (χ0n) is 15.2. The number of aromatic nitrogens is 3. The van der Waals surface area contributed by atoms with Crippen molar-refractivity contribution in [1.29, 1.82) is 0 Å². The summed E-state index contributed by atoms with van der Waals surface area (Å²) in [6.45, 7) is 15.3. The average molecular weight is 346 g/mol. The van der Waals surface area contributed by atoms with Gasteiger partial charge in [0, 0.05) is 11.6 Å². The van der Waals surface area contributed by atoms with Gasteiger partial charge in [-0.25, -0.2) is 14.5 Å². The van der Waals surface area contributed by atoms with Gasteiger partial charge in [-0.2, -0.15) is 5.10 Å². The number of hydrogen-bond acceptors (Lipinski definition) is 4. The summed E-state index contributed by atoms with van der Waals surface area (Å²) >= 11 is 0. The second-order valence-electron chi connectivity index (χ2n) is 7.45. The quantitative estimate of drug-likeness (QED) is 0.528. The van der Waals surface area contributed by atoms with Crippen LogP contribution in [0.5, 0.6) is 0 Å². The Morgan fingerprint density at radius 2 is 1.81 bits per heavy atom. The van der Waals surface area contributed by atoms with Crippen molar-refractivity contribution in [2.45, 2.75) is 38.9 Å². The summed E-state index contributed by atoms with van der Waals surface area (Å²) in [4.78, 5) is 7.81. The molecule has 0 aliphatic carbocycles. The molecule has 0 saturated carbocycles. The summed E-state index contributed by atoms with van der Waals surface area (Å²) in [6.07, 6.45) is 3.41. The fourth-order valence-electron chi connectivity index (χ4n) is 2.94. The van der Waals surface area contributed by atoms with E-state index in [2.05, 4.69) is 14.9 Å². The maximum absolute atomic E-state index is 7.19. The van der Waals surface area contributed by atoms with Gasteiger partial charge in [0.25, 0.3) is 0 Å². The van der Waals surface area contributed by atoms with E-state index in [1.165, 1.54) is 0 Å². The van der Waals surface area contributed by atoms with Crippen LogP contribution in [0.3, 0.4) is 0 Å². The minimum atomic E-state index is -0.435. The first kappa shape index (κ1) is 16.8. The molecule has 130 valence electrons. The van der Waals surface area contributed by atoms with Gasteiger partial charge < -0.3 is 9.31 Å². The highest BCUT2D eigenvalue weighted by Crippen LogP contribution is 2.36. The predicted molar refractivity (Wildman–Crippen MR) is 101 cm³/mol. The van der Waals surface area contributed by atoms with Crippen LogP contribution < -0.4 is 5.46 Å². The van der Waals surface area contributed by atoms with Crippen molar-refractivity contribution < 1.29 is 9.31 Å². The van der Waals surface area contributed by atoms with E-state index in [9.17, 15) is 0 Å². The molecule has 7 heteroatoms. The van der Waals surface area contributed by atoms with E-state index >= 15 is 0 Å². The Hall–Kier alpha value is -2.69. The van der Waals surface area contributed by atoms with Crippen LogP contribution in [-0.2, 0) is 9.31 Å². The minimum Gasteiger partial charge on any atom is -0.399 e. The predicted octanol–water partition coefficient (Wildman–Crippen LogP) is 3.27. The van der Waals surface area contributed by atoms with Gasteiger partial charge in [0.2, 0.25) is 0 Å². The molecule has 4 rings (SSSR count). The molecular formula is C19H19BN4O2. The Bertz CT molecular complexity index is 1020. The zero-order valence-corrected chi connectivity index (χ0v) is 15.2. The molecule has 0 radical (unpaired) electrons. The molecule has 0 bridgehead atoms. The number of benzene rings is 1. The van der Waals surface area contributed by atoms with Crippen LogP contribution in [0.15, 0.2) is 42.7 Å². The molecule has 1 fully saturated rings. The maximum Gasteiger partial charge on any atom is 0.494 e. The van der Waals surface area contributed by atoms with Crippen molar-refractivity contribution in [3.05, 3.63) is 54.1 Å². The van der Waals surface area contributed by atoms with Crippen molar-refractivity contribution in [2.75, 3.05) is 0 Å². The second-order valence-corrected chi connectivity index (χ2v) is 7.45. The van der Waals surface area contributed by atoms with E-state index in [4.69, 9.17) is 15.9 Å². The average Bonchev–Trinajstić information content (AvgIpc) is 3.12. The van der Waals surface area contributed by atoms with Gasteiger partial charge in [-0.05, 0) is 51.4 Å². The number of fused-ring (bicyclic) bond motifs is 1. The third-order valence-corrected chi connectivity index (χ3v) is 5.20. The van der Waals surface area contributed by atoms with Crippen molar-refractivity contribution in [3.63, 3.8) is 0 Å². The van der Waals surface area contributed by atoms with E-state index in [0.717, 1.165) is 16.4 Å². The lowest BCUT2D eigenvalue weighted by molar-refractivity contribution is 0.00578. The number of nitrogens with zero attached hydrogens (tertiary/aromatic N) is 4. The molecule has 3 heterocycles. The third-order valence-electron chi connectivity index (χ3n) is 5.20. The number of pyridine rings is 1.